The number of carbonyl (C=O) groups excluding carboxylic acids is 1. The number of alkyl halides is 3. The quantitative estimate of drug-likeness (QED) is 0.781. The molecule has 0 N–H and O–H groups in total. The lowest BCUT2D eigenvalue weighted by Gasteiger charge is -2.33. The first-order valence-corrected chi connectivity index (χ1v) is 8.02. The van der Waals surface area contributed by atoms with Crippen molar-refractivity contribution in [1.29, 1.82) is 0 Å². The standard InChI is InChI=1S/C14H19BrF3N3O/c1-8-5-4-6-20(7-8)13(22)10(3)21-9(2)11(15)12(19-21)14(16,17)18/h8,10H,4-7H2,1-3H3/t8-,10-/m1/s1. The molecule has 2 heterocycles. The molecule has 4 nitrogen and oxygen atoms in total. The molecular formula is C14H19BrF3N3O. The zero-order chi connectivity index (χ0) is 16.7. The van der Waals surface area contributed by atoms with Crippen LogP contribution in [0.3, 0.4) is 0 Å². The van der Waals surface area contributed by atoms with Crippen LogP contribution >= 0.6 is 15.9 Å². The zero-order valence-electron chi connectivity index (χ0n) is 12.7. The summed E-state index contributed by atoms with van der Waals surface area (Å²) in [5, 5.41) is 3.61. The Morgan fingerprint density at radius 1 is 1.45 bits per heavy atom. The summed E-state index contributed by atoms with van der Waals surface area (Å²) >= 11 is 2.93. The molecule has 0 spiro atoms. The van der Waals surface area contributed by atoms with E-state index in [-0.39, 0.29) is 10.4 Å². The van der Waals surface area contributed by atoms with Crippen molar-refractivity contribution in [3.63, 3.8) is 0 Å². The second kappa shape index (κ2) is 6.22. The lowest BCUT2D eigenvalue weighted by atomic mass is 10.00. The highest BCUT2D eigenvalue weighted by Gasteiger charge is 2.39. The van der Waals surface area contributed by atoms with Crippen molar-refractivity contribution in [3.05, 3.63) is 15.9 Å². The maximum absolute atomic E-state index is 12.9. The van der Waals surface area contributed by atoms with E-state index in [9.17, 15) is 18.0 Å². The Morgan fingerprint density at radius 2 is 2.09 bits per heavy atom. The van der Waals surface area contributed by atoms with Gasteiger partial charge in [0.15, 0.2) is 5.69 Å². The minimum absolute atomic E-state index is 0.105. The van der Waals surface area contributed by atoms with Gasteiger partial charge in [0, 0.05) is 13.1 Å². The Bertz CT molecular complexity index is 570. The Morgan fingerprint density at radius 3 is 2.59 bits per heavy atom. The molecule has 8 heteroatoms. The molecule has 1 aliphatic heterocycles. The van der Waals surface area contributed by atoms with Crippen LogP contribution in [0, 0.1) is 12.8 Å². The fraction of sp³-hybridized carbons (Fsp3) is 0.714. The number of rotatable bonds is 2. The van der Waals surface area contributed by atoms with Gasteiger partial charge in [-0.25, -0.2) is 0 Å². The number of hydrogen-bond acceptors (Lipinski definition) is 2. The van der Waals surface area contributed by atoms with Gasteiger partial charge in [0.25, 0.3) is 0 Å². The predicted molar refractivity (Wildman–Crippen MR) is 79.4 cm³/mol. The van der Waals surface area contributed by atoms with E-state index in [2.05, 4.69) is 28.0 Å². The third-order valence-electron chi connectivity index (χ3n) is 4.04. The molecule has 0 unspecified atom stereocenters. The number of nitrogens with zero attached hydrogens (tertiary/aromatic N) is 3. The van der Waals surface area contributed by atoms with Crippen molar-refractivity contribution in [2.24, 2.45) is 5.92 Å². The molecule has 0 aromatic carbocycles. The van der Waals surface area contributed by atoms with Crippen molar-refractivity contribution in [2.45, 2.75) is 45.8 Å². The van der Waals surface area contributed by atoms with E-state index in [0.29, 0.717) is 24.7 Å². The summed E-state index contributed by atoms with van der Waals surface area (Å²) in [6.45, 7) is 6.49. The van der Waals surface area contributed by atoms with Crippen molar-refractivity contribution in [3.8, 4) is 0 Å². The van der Waals surface area contributed by atoms with E-state index in [0.717, 1.165) is 17.5 Å². The maximum Gasteiger partial charge on any atom is 0.436 e. The molecule has 1 aliphatic rings. The van der Waals surface area contributed by atoms with E-state index in [4.69, 9.17) is 0 Å². The summed E-state index contributed by atoms with van der Waals surface area (Å²) in [4.78, 5) is 14.3. The van der Waals surface area contributed by atoms with Crippen molar-refractivity contribution >= 4 is 21.8 Å². The molecule has 1 fully saturated rings. The first-order valence-electron chi connectivity index (χ1n) is 7.23. The number of amides is 1. The average Bonchev–Trinajstić information content (AvgIpc) is 2.73. The van der Waals surface area contributed by atoms with Crippen LogP contribution in [0.25, 0.3) is 0 Å². The Labute approximate surface area is 135 Å². The van der Waals surface area contributed by atoms with E-state index in [1.807, 2.05) is 0 Å². The largest absolute Gasteiger partial charge is 0.436 e. The summed E-state index contributed by atoms with van der Waals surface area (Å²) < 4.78 is 39.8. The van der Waals surface area contributed by atoms with Crippen molar-refractivity contribution in [2.75, 3.05) is 13.1 Å². The summed E-state index contributed by atoms with van der Waals surface area (Å²) in [7, 11) is 0. The maximum atomic E-state index is 12.9. The van der Waals surface area contributed by atoms with E-state index in [1.165, 1.54) is 6.92 Å². The van der Waals surface area contributed by atoms with Crippen LogP contribution in [0.5, 0.6) is 0 Å². The number of aromatic nitrogens is 2. The lowest BCUT2D eigenvalue weighted by Crippen LogP contribution is -2.42. The Hall–Kier alpha value is -1.05. The van der Waals surface area contributed by atoms with Crippen molar-refractivity contribution in [1.82, 2.24) is 14.7 Å². The lowest BCUT2D eigenvalue weighted by molar-refractivity contribution is -0.143. The molecule has 0 saturated carbocycles. The van der Waals surface area contributed by atoms with Crippen LogP contribution in [0.1, 0.15) is 44.1 Å². The van der Waals surface area contributed by atoms with Gasteiger partial charge in [-0.05, 0) is 48.5 Å². The minimum atomic E-state index is -4.54. The number of carbonyl (C=O) groups is 1. The fourth-order valence-electron chi connectivity index (χ4n) is 2.82. The third-order valence-corrected chi connectivity index (χ3v) is 4.99. The summed E-state index contributed by atoms with van der Waals surface area (Å²) in [5.74, 6) is 0.236. The van der Waals surface area contributed by atoms with Crippen LogP contribution in [0.2, 0.25) is 0 Å². The first kappa shape index (κ1) is 17.3. The SMILES string of the molecule is Cc1c(Br)c(C(F)(F)F)nn1[C@H](C)C(=O)N1CCC[C@@H](C)C1. The molecule has 0 aliphatic carbocycles. The van der Waals surface area contributed by atoms with Crippen LogP contribution in [-0.2, 0) is 11.0 Å². The molecule has 1 saturated heterocycles. The highest BCUT2D eigenvalue weighted by Crippen LogP contribution is 2.36. The smallest absolute Gasteiger partial charge is 0.341 e. The first-order chi connectivity index (χ1) is 10.1. The van der Waals surface area contributed by atoms with Gasteiger partial charge < -0.3 is 4.90 Å². The monoisotopic (exact) mass is 381 g/mol. The van der Waals surface area contributed by atoms with Gasteiger partial charge in [-0.2, -0.15) is 18.3 Å². The molecule has 22 heavy (non-hydrogen) atoms. The molecule has 0 bridgehead atoms. The molecule has 2 atom stereocenters. The van der Waals surface area contributed by atoms with Crippen molar-refractivity contribution < 1.29 is 18.0 Å². The van der Waals surface area contributed by atoms with Crippen LogP contribution in [0.15, 0.2) is 4.47 Å². The van der Waals surface area contributed by atoms with Gasteiger partial charge in [-0.1, -0.05) is 6.92 Å². The summed E-state index contributed by atoms with van der Waals surface area (Å²) in [6, 6.07) is -0.752. The van der Waals surface area contributed by atoms with Gasteiger partial charge in [0.05, 0.1) is 10.2 Å². The van der Waals surface area contributed by atoms with Gasteiger partial charge in [0.1, 0.15) is 6.04 Å². The molecule has 1 aromatic rings. The highest BCUT2D eigenvalue weighted by molar-refractivity contribution is 9.10. The number of likely N-dealkylation sites (tertiary alicyclic amines) is 1. The number of halogens is 4. The Balaban J connectivity index is 2.26. The molecule has 1 aromatic heterocycles. The molecule has 1 amide bonds. The van der Waals surface area contributed by atoms with Gasteiger partial charge in [-0.3, -0.25) is 9.48 Å². The number of hydrogen-bond donors (Lipinski definition) is 0. The second-order valence-electron chi connectivity index (χ2n) is 5.90. The van der Waals surface area contributed by atoms with Gasteiger partial charge in [0.2, 0.25) is 5.91 Å². The zero-order valence-corrected chi connectivity index (χ0v) is 14.3. The normalized spacial score (nSPS) is 21.0. The van der Waals surface area contributed by atoms with Crippen LogP contribution < -0.4 is 0 Å². The topological polar surface area (TPSA) is 38.1 Å². The Kier molecular flexibility index (Phi) is 4.89. The molecule has 124 valence electrons. The van der Waals surface area contributed by atoms with E-state index in [1.54, 1.807) is 11.8 Å². The molecular weight excluding hydrogens is 363 g/mol. The second-order valence-corrected chi connectivity index (χ2v) is 6.69. The van der Waals surface area contributed by atoms with Gasteiger partial charge >= 0.3 is 6.18 Å². The molecule has 0 radical (unpaired) electrons. The third kappa shape index (κ3) is 3.31. The van der Waals surface area contributed by atoms with Crippen LogP contribution in [0.4, 0.5) is 13.2 Å². The fourth-order valence-corrected chi connectivity index (χ4v) is 3.30. The summed E-state index contributed by atoms with van der Waals surface area (Å²) in [5.41, 5.74) is -0.685. The number of piperidine rings is 1. The minimum Gasteiger partial charge on any atom is -0.341 e. The average molecular weight is 382 g/mol. The van der Waals surface area contributed by atoms with E-state index < -0.39 is 17.9 Å². The summed E-state index contributed by atoms with van der Waals surface area (Å²) in [6.07, 6.45) is -2.55. The highest BCUT2D eigenvalue weighted by atomic mass is 79.9. The van der Waals surface area contributed by atoms with E-state index >= 15 is 0 Å². The molecule has 2 rings (SSSR count). The van der Waals surface area contributed by atoms with Crippen LogP contribution in [-0.4, -0.2) is 33.7 Å². The van der Waals surface area contributed by atoms with Gasteiger partial charge in [-0.15, -0.1) is 0 Å². The predicted octanol–water partition coefficient (Wildman–Crippen LogP) is 3.79.